The number of para-hydroxylation sites is 1. The number of amides is 5. The number of piperidine rings is 1. The predicted octanol–water partition coefficient (Wildman–Crippen LogP) is 2.83. The minimum absolute atomic E-state index is 0.000212. The van der Waals surface area contributed by atoms with Crippen LogP contribution in [0.15, 0.2) is 77.7 Å². The van der Waals surface area contributed by atoms with E-state index in [2.05, 4.69) is 20.9 Å². The number of aromatic nitrogens is 3. The van der Waals surface area contributed by atoms with E-state index in [-0.39, 0.29) is 73.0 Å². The molecule has 1 saturated heterocycles. The Balaban J connectivity index is 0.956. The van der Waals surface area contributed by atoms with Crippen molar-refractivity contribution in [2.45, 2.75) is 62.6 Å². The average molecular weight is 894 g/mol. The van der Waals surface area contributed by atoms with Crippen molar-refractivity contribution >= 4 is 56.6 Å². The molecule has 5 aromatic rings. The van der Waals surface area contributed by atoms with Gasteiger partial charge >= 0.3 is 5.97 Å². The molecular formula is C44H43N7O12S. The van der Waals surface area contributed by atoms with Gasteiger partial charge in [-0.15, -0.1) is 5.10 Å². The zero-order chi connectivity index (χ0) is 45.4. The monoisotopic (exact) mass is 893 g/mol. The Kier molecular flexibility index (Phi) is 11.9. The maximum absolute atomic E-state index is 13.9. The molecule has 4 heterocycles. The third kappa shape index (κ3) is 8.48. The fourth-order valence-corrected chi connectivity index (χ4v) is 9.81. The van der Waals surface area contributed by atoms with Gasteiger partial charge in [0, 0.05) is 25.9 Å². The lowest BCUT2D eigenvalue weighted by Crippen LogP contribution is -2.54. The summed E-state index contributed by atoms with van der Waals surface area (Å²) in [6, 6.07) is 18.6. The summed E-state index contributed by atoms with van der Waals surface area (Å²) in [6.07, 6.45) is -0.794. The third-order valence-corrected chi connectivity index (χ3v) is 13.2. The van der Waals surface area contributed by atoms with Gasteiger partial charge in [0.05, 0.1) is 30.6 Å². The highest BCUT2D eigenvalue weighted by Gasteiger charge is 2.46. The number of hydrogen-bond acceptors (Lipinski definition) is 13. The van der Waals surface area contributed by atoms with Crippen molar-refractivity contribution in [3.63, 3.8) is 0 Å². The number of hydrogen-bond donors (Lipinski definition) is 3. The second-order valence-corrected chi connectivity index (χ2v) is 17.6. The van der Waals surface area contributed by atoms with Crippen LogP contribution in [0.25, 0.3) is 11.0 Å². The molecule has 5 amide bonds. The van der Waals surface area contributed by atoms with Crippen molar-refractivity contribution in [2.24, 2.45) is 7.05 Å². The van der Waals surface area contributed by atoms with Gasteiger partial charge in [-0.2, -0.15) is 4.31 Å². The quantitative estimate of drug-likeness (QED) is 0.107. The molecule has 19 nitrogen and oxygen atoms in total. The number of carboxylic acids is 1. The molecule has 3 aliphatic rings. The van der Waals surface area contributed by atoms with Crippen molar-refractivity contribution in [2.75, 3.05) is 26.3 Å². The van der Waals surface area contributed by atoms with Gasteiger partial charge in [0.2, 0.25) is 21.8 Å². The van der Waals surface area contributed by atoms with Crippen molar-refractivity contribution in [3.8, 4) is 17.2 Å². The van der Waals surface area contributed by atoms with Crippen LogP contribution >= 0.6 is 0 Å². The van der Waals surface area contributed by atoms with Crippen LogP contribution in [0, 0.1) is 6.92 Å². The molecule has 3 N–H and O–H groups in total. The molecule has 20 heteroatoms. The fraction of sp³-hybridized carbons (Fsp3) is 0.318. The summed E-state index contributed by atoms with van der Waals surface area (Å²) >= 11 is 0. The molecule has 3 aliphatic heterocycles. The van der Waals surface area contributed by atoms with Crippen LogP contribution in [-0.2, 0) is 42.8 Å². The van der Waals surface area contributed by atoms with Crippen LogP contribution in [0.5, 0.6) is 17.2 Å². The van der Waals surface area contributed by atoms with Gasteiger partial charge in [0.15, 0.2) is 6.61 Å². The van der Waals surface area contributed by atoms with E-state index in [9.17, 15) is 42.3 Å². The van der Waals surface area contributed by atoms with Crippen molar-refractivity contribution in [1.82, 2.24) is 34.8 Å². The van der Waals surface area contributed by atoms with Gasteiger partial charge in [-0.1, -0.05) is 41.6 Å². The summed E-state index contributed by atoms with van der Waals surface area (Å²) in [5.41, 5.74) is 3.54. The molecule has 0 saturated carbocycles. The van der Waals surface area contributed by atoms with Crippen LogP contribution in [0.4, 0.5) is 0 Å². The van der Waals surface area contributed by atoms with E-state index in [1.165, 1.54) is 33.3 Å². The van der Waals surface area contributed by atoms with Crippen LogP contribution in [-0.4, -0.2) is 112 Å². The molecule has 0 bridgehead atoms. The lowest BCUT2D eigenvalue weighted by atomic mass is 9.86. The molecule has 0 spiro atoms. The van der Waals surface area contributed by atoms with Crippen molar-refractivity contribution in [1.29, 1.82) is 0 Å². The number of rotatable bonds is 14. The second-order valence-electron chi connectivity index (χ2n) is 15.7. The minimum Gasteiger partial charge on any atom is -0.489 e. The predicted molar refractivity (Wildman–Crippen MR) is 225 cm³/mol. The summed E-state index contributed by atoms with van der Waals surface area (Å²) in [5, 5.41) is 23.4. The molecule has 64 heavy (non-hydrogen) atoms. The molecule has 0 radical (unpaired) electrons. The first-order valence-electron chi connectivity index (χ1n) is 20.4. The smallest absolute Gasteiger partial charge is 0.304 e. The first kappa shape index (κ1) is 43.5. The average Bonchev–Trinajstić information content (AvgIpc) is 3.73. The van der Waals surface area contributed by atoms with Crippen LogP contribution in [0.2, 0.25) is 0 Å². The number of carbonyl (C=O) groups excluding carboxylic acids is 5. The summed E-state index contributed by atoms with van der Waals surface area (Å²) < 4.78 is 48.4. The van der Waals surface area contributed by atoms with E-state index in [0.29, 0.717) is 33.5 Å². The van der Waals surface area contributed by atoms with Crippen LogP contribution in [0.1, 0.15) is 75.1 Å². The highest BCUT2D eigenvalue weighted by molar-refractivity contribution is 7.89. The van der Waals surface area contributed by atoms with Gasteiger partial charge in [0.1, 0.15) is 51.9 Å². The van der Waals surface area contributed by atoms with E-state index >= 15 is 0 Å². The minimum atomic E-state index is -3.94. The molecule has 0 aliphatic carbocycles. The van der Waals surface area contributed by atoms with Gasteiger partial charge in [-0.05, 0) is 78.9 Å². The van der Waals surface area contributed by atoms with Gasteiger partial charge < -0.3 is 24.6 Å². The molecule has 1 aromatic heterocycles. The van der Waals surface area contributed by atoms with Crippen molar-refractivity contribution < 1.29 is 56.5 Å². The van der Waals surface area contributed by atoms with Gasteiger partial charge in [-0.3, -0.25) is 39.0 Å². The SMILES string of the molecule is Cc1ccc(C(CC(=O)O)c2cc(OCCNC(=O)COc3cccc4c3C(=O)N(C3CCC(=O)NC3=O)C4=O)c3c(c2)nnn3C)cc1CN1C[C@@H](C)Oc2ccccc2S1(=O)=O. The first-order chi connectivity index (χ1) is 30.6. The van der Waals surface area contributed by atoms with E-state index in [4.69, 9.17) is 14.2 Å². The molecular weight excluding hydrogens is 851 g/mol. The zero-order valence-corrected chi connectivity index (χ0v) is 35.7. The molecule has 8 rings (SSSR count). The Morgan fingerprint density at radius 2 is 1.78 bits per heavy atom. The number of sulfonamides is 1. The van der Waals surface area contributed by atoms with E-state index in [1.54, 1.807) is 44.3 Å². The maximum Gasteiger partial charge on any atom is 0.304 e. The third-order valence-electron chi connectivity index (χ3n) is 11.3. The maximum atomic E-state index is 13.9. The Hall–Kier alpha value is -7.19. The summed E-state index contributed by atoms with van der Waals surface area (Å²) in [5.74, 6) is -4.51. The number of carbonyl (C=O) groups is 6. The molecule has 3 atom stereocenters. The van der Waals surface area contributed by atoms with E-state index < -0.39 is 70.2 Å². The highest BCUT2D eigenvalue weighted by atomic mass is 32.2. The largest absolute Gasteiger partial charge is 0.489 e. The molecule has 1 fully saturated rings. The summed E-state index contributed by atoms with van der Waals surface area (Å²) in [6.45, 7) is 3.21. The topological polar surface area (TPSA) is 246 Å². The van der Waals surface area contributed by atoms with Crippen molar-refractivity contribution in [3.05, 3.63) is 106 Å². The lowest BCUT2D eigenvalue weighted by molar-refractivity contribution is -0.138. The van der Waals surface area contributed by atoms with Gasteiger partial charge in [0.25, 0.3) is 17.7 Å². The fourth-order valence-electron chi connectivity index (χ4n) is 8.20. The first-order valence-corrected chi connectivity index (χ1v) is 21.8. The summed E-state index contributed by atoms with van der Waals surface area (Å²) in [7, 11) is -2.27. The number of ether oxygens (including phenoxy) is 3. The molecule has 332 valence electrons. The van der Waals surface area contributed by atoms with E-state index in [1.807, 2.05) is 25.1 Å². The number of benzene rings is 4. The number of nitrogens with one attached hydrogen (secondary N) is 2. The Morgan fingerprint density at radius 1 is 0.984 bits per heavy atom. The van der Waals surface area contributed by atoms with E-state index in [0.717, 1.165) is 10.5 Å². The number of nitrogens with zero attached hydrogens (tertiary/aromatic N) is 5. The molecule has 4 aromatic carbocycles. The molecule has 2 unspecified atom stereocenters. The van der Waals surface area contributed by atoms with Crippen LogP contribution in [0.3, 0.4) is 0 Å². The standard InChI is InChI=1S/C44H43N7O12S/c1-24-11-12-26(17-28(24)22-50-21-25(2)63-33-8-4-5-10-36(33)64(50,59)60)30(20-39(54)55)27-18-31-41(49(3)48-47-31)35(19-27)61-16-15-45-38(53)23-62-34-9-6-7-29-40(34)44(58)51(43(29)57)32-13-14-37(52)46-42(32)56/h4-12,17-19,25,30,32H,13-16,20-23H2,1-3H3,(H,45,53)(H,54,55)(H,46,52,56)/t25-,30?,32?/m1/s1. The van der Waals surface area contributed by atoms with Gasteiger partial charge in [-0.25, -0.2) is 13.1 Å². The zero-order valence-electron chi connectivity index (χ0n) is 34.9. The Labute approximate surface area is 366 Å². The number of fused-ring (bicyclic) bond motifs is 3. The second kappa shape index (κ2) is 17.5. The highest BCUT2D eigenvalue weighted by Crippen LogP contribution is 2.38. The number of aryl methyl sites for hydroxylation is 2. The Bertz CT molecular complexity index is 2860. The van der Waals surface area contributed by atoms with Crippen LogP contribution < -0.4 is 24.8 Å². The number of carboxylic acid groups (broad SMARTS) is 1. The normalized spacial score (nSPS) is 18.7. The Morgan fingerprint density at radius 3 is 2.56 bits per heavy atom. The number of imide groups is 2. The number of aliphatic carboxylic acids is 1. The summed E-state index contributed by atoms with van der Waals surface area (Å²) in [4.78, 5) is 76.9. The lowest BCUT2D eigenvalue weighted by Gasteiger charge is -2.27.